The molecule has 17 heavy (non-hydrogen) atoms. The molecule has 1 aromatic rings. The Kier molecular flexibility index (Phi) is 4.51. The van der Waals surface area contributed by atoms with Gasteiger partial charge in [0, 0.05) is 18.2 Å². The minimum atomic E-state index is -0.126. The summed E-state index contributed by atoms with van der Waals surface area (Å²) in [4.78, 5) is 0. The lowest BCUT2D eigenvalue weighted by atomic mass is 9.99. The summed E-state index contributed by atoms with van der Waals surface area (Å²) < 4.78 is 19.2. The monoisotopic (exact) mass is 237 g/mol. The fourth-order valence-corrected chi connectivity index (χ4v) is 2.44. The van der Waals surface area contributed by atoms with E-state index in [1.54, 1.807) is 6.07 Å². The molecule has 1 heterocycles. The van der Waals surface area contributed by atoms with Crippen molar-refractivity contribution >= 4 is 0 Å². The van der Waals surface area contributed by atoms with Crippen molar-refractivity contribution in [3.63, 3.8) is 0 Å². The lowest BCUT2D eigenvalue weighted by molar-refractivity contribution is 0.0997. The highest BCUT2D eigenvalue weighted by atomic mass is 19.1. The molecule has 1 fully saturated rings. The van der Waals surface area contributed by atoms with Gasteiger partial charge in [0.1, 0.15) is 5.82 Å². The molecule has 1 aliphatic heterocycles. The van der Waals surface area contributed by atoms with Crippen LogP contribution in [0.5, 0.6) is 0 Å². The Balaban J connectivity index is 1.94. The Hall–Kier alpha value is -0.930. The van der Waals surface area contributed by atoms with Crippen LogP contribution in [-0.4, -0.2) is 19.8 Å². The Morgan fingerprint density at radius 3 is 2.94 bits per heavy atom. The summed E-state index contributed by atoms with van der Waals surface area (Å²) in [6.45, 7) is 0.884. The van der Waals surface area contributed by atoms with Gasteiger partial charge in [0.2, 0.25) is 0 Å². The predicted octanol–water partition coefficient (Wildman–Crippen LogP) is 3.05. The molecule has 0 saturated carbocycles. The van der Waals surface area contributed by atoms with Crippen molar-refractivity contribution in [2.45, 2.75) is 37.8 Å². The molecule has 1 saturated heterocycles. The summed E-state index contributed by atoms with van der Waals surface area (Å²) in [6.07, 6.45) is 4.60. The van der Waals surface area contributed by atoms with Gasteiger partial charge in [-0.05, 0) is 38.8 Å². The maximum atomic E-state index is 13.7. The van der Waals surface area contributed by atoms with Crippen LogP contribution in [0.25, 0.3) is 0 Å². The van der Waals surface area contributed by atoms with E-state index in [0.717, 1.165) is 37.9 Å². The fraction of sp³-hybridized carbons (Fsp3) is 0.571. The number of hydrogen-bond acceptors (Lipinski definition) is 2. The summed E-state index contributed by atoms with van der Waals surface area (Å²) in [7, 11) is 1.88. The van der Waals surface area contributed by atoms with E-state index in [0.29, 0.717) is 6.10 Å². The number of benzene rings is 1. The Morgan fingerprint density at radius 2 is 2.29 bits per heavy atom. The van der Waals surface area contributed by atoms with Gasteiger partial charge in [-0.3, -0.25) is 0 Å². The number of hydrogen-bond donors (Lipinski definition) is 1. The van der Waals surface area contributed by atoms with Crippen LogP contribution in [0.3, 0.4) is 0 Å². The zero-order valence-electron chi connectivity index (χ0n) is 10.3. The molecule has 0 bridgehead atoms. The minimum absolute atomic E-state index is 0.0837. The second kappa shape index (κ2) is 6.12. The molecule has 0 aromatic heterocycles. The molecular formula is C14H20FNO. The van der Waals surface area contributed by atoms with E-state index < -0.39 is 0 Å². The SMILES string of the molecule is CNC(CCC1CCCO1)c1ccccc1F. The van der Waals surface area contributed by atoms with E-state index in [1.807, 2.05) is 19.2 Å². The molecule has 2 atom stereocenters. The highest BCUT2D eigenvalue weighted by molar-refractivity contribution is 5.21. The average molecular weight is 237 g/mol. The highest BCUT2D eigenvalue weighted by Crippen LogP contribution is 2.25. The lowest BCUT2D eigenvalue weighted by Crippen LogP contribution is -2.19. The number of rotatable bonds is 5. The highest BCUT2D eigenvalue weighted by Gasteiger charge is 2.19. The molecule has 2 nitrogen and oxygen atoms in total. The molecule has 0 amide bonds. The maximum Gasteiger partial charge on any atom is 0.127 e. The zero-order chi connectivity index (χ0) is 12.1. The smallest absolute Gasteiger partial charge is 0.127 e. The summed E-state index contributed by atoms with van der Waals surface area (Å²) in [5.41, 5.74) is 0.757. The second-order valence-corrected chi connectivity index (χ2v) is 4.58. The van der Waals surface area contributed by atoms with Gasteiger partial charge in [-0.2, -0.15) is 0 Å². The summed E-state index contributed by atoms with van der Waals surface area (Å²) >= 11 is 0. The van der Waals surface area contributed by atoms with Crippen LogP contribution in [0.15, 0.2) is 24.3 Å². The maximum absolute atomic E-state index is 13.7. The summed E-state index contributed by atoms with van der Waals surface area (Å²) in [5, 5.41) is 3.19. The fourth-order valence-electron chi connectivity index (χ4n) is 2.44. The lowest BCUT2D eigenvalue weighted by Gasteiger charge is -2.19. The molecule has 1 aromatic carbocycles. The third-order valence-electron chi connectivity index (χ3n) is 3.43. The van der Waals surface area contributed by atoms with Crippen LogP contribution >= 0.6 is 0 Å². The minimum Gasteiger partial charge on any atom is -0.378 e. The Morgan fingerprint density at radius 1 is 1.47 bits per heavy atom. The standard InChI is InChI=1S/C14H20FNO/c1-16-14(9-8-11-5-4-10-17-11)12-6-2-3-7-13(12)15/h2-3,6-7,11,14,16H,4-5,8-10H2,1H3. The predicted molar refractivity (Wildman–Crippen MR) is 66.4 cm³/mol. The van der Waals surface area contributed by atoms with E-state index in [-0.39, 0.29) is 11.9 Å². The average Bonchev–Trinajstić information content (AvgIpc) is 2.85. The van der Waals surface area contributed by atoms with Gasteiger partial charge in [-0.15, -0.1) is 0 Å². The van der Waals surface area contributed by atoms with Gasteiger partial charge in [-0.25, -0.2) is 4.39 Å². The van der Waals surface area contributed by atoms with Gasteiger partial charge in [0.15, 0.2) is 0 Å². The van der Waals surface area contributed by atoms with Crippen molar-refractivity contribution in [3.05, 3.63) is 35.6 Å². The normalized spacial score (nSPS) is 21.6. The van der Waals surface area contributed by atoms with Gasteiger partial charge in [0.05, 0.1) is 6.10 Å². The summed E-state index contributed by atoms with van der Waals surface area (Å²) in [5.74, 6) is -0.126. The van der Waals surface area contributed by atoms with E-state index in [9.17, 15) is 4.39 Å². The van der Waals surface area contributed by atoms with Crippen molar-refractivity contribution in [2.24, 2.45) is 0 Å². The van der Waals surface area contributed by atoms with Crippen molar-refractivity contribution in [1.82, 2.24) is 5.32 Å². The third-order valence-corrected chi connectivity index (χ3v) is 3.43. The number of halogens is 1. The second-order valence-electron chi connectivity index (χ2n) is 4.58. The first-order valence-corrected chi connectivity index (χ1v) is 6.34. The van der Waals surface area contributed by atoms with Crippen LogP contribution in [0.4, 0.5) is 4.39 Å². The molecule has 1 N–H and O–H groups in total. The van der Waals surface area contributed by atoms with Crippen LogP contribution < -0.4 is 5.32 Å². The van der Waals surface area contributed by atoms with Crippen molar-refractivity contribution in [1.29, 1.82) is 0 Å². The first kappa shape index (κ1) is 12.5. The van der Waals surface area contributed by atoms with Crippen LogP contribution in [-0.2, 0) is 4.74 Å². The van der Waals surface area contributed by atoms with E-state index in [2.05, 4.69) is 5.32 Å². The van der Waals surface area contributed by atoms with Crippen LogP contribution in [0.1, 0.15) is 37.3 Å². The third kappa shape index (κ3) is 3.27. The topological polar surface area (TPSA) is 21.3 Å². The molecule has 0 spiro atoms. The van der Waals surface area contributed by atoms with Gasteiger partial charge >= 0.3 is 0 Å². The van der Waals surface area contributed by atoms with Crippen LogP contribution in [0, 0.1) is 5.82 Å². The zero-order valence-corrected chi connectivity index (χ0v) is 10.3. The van der Waals surface area contributed by atoms with Gasteiger partial charge in [-0.1, -0.05) is 18.2 Å². The van der Waals surface area contributed by atoms with E-state index >= 15 is 0 Å². The Labute approximate surface area is 102 Å². The molecule has 2 rings (SSSR count). The first-order chi connectivity index (χ1) is 8.31. The number of ether oxygens (including phenoxy) is 1. The van der Waals surface area contributed by atoms with Crippen LogP contribution in [0.2, 0.25) is 0 Å². The first-order valence-electron chi connectivity index (χ1n) is 6.34. The molecule has 2 unspecified atom stereocenters. The summed E-state index contributed by atoms with van der Waals surface area (Å²) in [6, 6.07) is 7.07. The molecule has 1 aliphatic rings. The quantitative estimate of drug-likeness (QED) is 0.850. The molecule has 0 aliphatic carbocycles. The van der Waals surface area contributed by atoms with Gasteiger partial charge in [0.25, 0.3) is 0 Å². The van der Waals surface area contributed by atoms with E-state index in [4.69, 9.17) is 4.74 Å². The molecular weight excluding hydrogens is 217 g/mol. The van der Waals surface area contributed by atoms with Crippen molar-refractivity contribution in [2.75, 3.05) is 13.7 Å². The van der Waals surface area contributed by atoms with Crippen molar-refractivity contribution in [3.8, 4) is 0 Å². The van der Waals surface area contributed by atoms with E-state index in [1.165, 1.54) is 6.07 Å². The molecule has 3 heteroatoms. The van der Waals surface area contributed by atoms with Gasteiger partial charge < -0.3 is 10.1 Å². The van der Waals surface area contributed by atoms with Crippen molar-refractivity contribution < 1.29 is 9.13 Å². The molecule has 0 radical (unpaired) electrons. The molecule has 94 valence electrons. The number of nitrogens with one attached hydrogen (secondary N) is 1. The Bertz CT molecular complexity index is 350. The largest absolute Gasteiger partial charge is 0.378 e.